The van der Waals surface area contributed by atoms with Crippen molar-refractivity contribution in [2.75, 3.05) is 26.7 Å². The Balaban J connectivity index is 1.47. The number of hydrogen-bond acceptors (Lipinski definition) is 3. The maximum Gasteiger partial charge on any atom is 0.272 e. The molecule has 1 N–H and O–H groups in total. The molecule has 0 bridgehead atoms. The standard InChI is InChI=1S/C22H27F2N3O2/c1-25-22(26-15-17-6-5-9-20(14-17)28-16-21(23)24)27-12-10-19(11-13-27)29-18-7-3-2-4-8-18/h2-9,14,19,21H,10-13,15-16H2,1H3,(H,25,26). The number of rotatable bonds is 7. The van der Waals surface area contributed by atoms with E-state index in [1.165, 1.54) is 0 Å². The second-order valence-corrected chi connectivity index (χ2v) is 6.87. The molecule has 1 aliphatic rings. The van der Waals surface area contributed by atoms with E-state index in [-0.39, 0.29) is 6.10 Å². The number of nitrogens with one attached hydrogen (secondary N) is 1. The molecule has 0 unspecified atom stereocenters. The monoisotopic (exact) mass is 403 g/mol. The maximum absolute atomic E-state index is 12.3. The van der Waals surface area contributed by atoms with Crippen molar-refractivity contribution in [3.05, 3.63) is 60.2 Å². The van der Waals surface area contributed by atoms with Gasteiger partial charge in [0.15, 0.2) is 5.96 Å². The molecule has 29 heavy (non-hydrogen) atoms. The molecule has 0 spiro atoms. The first-order valence-corrected chi connectivity index (χ1v) is 9.81. The Morgan fingerprint density at radius 2 is 1.83 bits per heavy atom. The van der Waals surface area contributed by atoms with Crippen molar-refractivity contribution >= 4 is 5.96 Å². The summed E-state index contributed by atoms with van der Waals surface area (Å²) < 4.78 is 35.7. The minimum Gasteiger partial charge on any atom is -0.490 e. The molecule has 156 valence electrons. The lowest BCUT2D eigenvalue weighted by Gasteiger charge is -2.34. The number of nitrogens with zero attached hydrogens (tertiary/aromatic N) is 2. The lowest BCUT2D eigenvalue weighted by molar-refractivity contribution is 0.0818. The fraction of sp³-hybridized carbons (Fsp3) is 0.409. The Labute approximate surface area is 170 Å². The lowest BCUT2D eigenvalue weighted by atomic mass is 10.1. The number of alkyl halides is 2. The van der Waals surface area contributed by atoms with E-state index < -0.39 is 13.0 Å². The summed E-state index contributed by atoms with van der Waals surface area (Å²) >= 11 is 0. The average Bonchev–Trinajstić information content (AvgIpc) is 2.75. The lowest BCUT2D eigenvalue weighted by Crippen LogP contribution is -2.47. The van der Waals surface area contributed by atoms with Crippen LogP contribution in [0.15, 0.2) is 59.6 Å². The molecule has 1 saturated heterocycles. The zero-order valence-corrected chi connectivity index (χ0v) is 16.6. The van der Waals surface area contributed by atoms with E-state index in [4.69, 9.17) is 9.47 Å². The van der Waals surface area contributed by atoms with Crippen LogP contribution < -0.4 is 14.8 Å². The molecule has 3 rings (SSSR count). The van der Waals surface area contributed by atoms with E-state index in [9.17, 15) is 8.78 Å². The molecule has 0 aromatic heterocycles. The van der Waals surface area contributed by atoms with Crippen molar-refractivity contribution in [3.8, 4) is 11.5 Å². The number of aliphatic imine (C=N–C) groups is 1. The molecule has 2 aromatic carbocycles. The zero-order chi connectivity index (χ0) is 20.5. The number of halogens is 2. The zero-order valence-electron chi connectivity index (χ0n) is 16.6. The summed E-state index contributed by atoms with van der Waals surface area (Å²) in [4.78, 5) is 6.59. The Hall–Kier alpha value is -2.83. The average molecular weight is 403 g/mol. The summed E-state index contributed by atoms with van der Waals surface area (Å²) in [6.07, 6.45) is -0.432. The second-order valence-electron chi connectivity index (χ2n) is 6.87. The van der Waals surface area contributed by atoms with Gasteiger partial charge in [0.05, 0.1) is 0 Å². The van der Waals surface area contributed by atoms with Crippen molar-refractivity contribution in [1.82, 2.24) is 10.2 Å². The quantitative estimate of drug-likeness (QED) is 0.562. The molecule has 5 nitrogen and oxygen atoms in total. The molecule has 0 saturated carbocycles. The van der Waals surface area contributed by atoms with Crippen LogP contribution in [0.3, 0.4) is 0 Å². The minimum atomic E-state index is -2.48. The molecule has 1 heterocycles. The van der Waals surface area contributed by atoms with E-state index in [1.807, 2.05) is 36.4 Å². The highest BCUT2D eigenvalue weighted by atomic mass is 19.3. The SMILES string of the molecule is CN=C(NCc1cccc(OCC(F)F)c1)N1CCC(Oc2ccccc2)CC1. The van der Waals surface area contributed by atoms with Gasteiger partial charge >= 0.3 is 0 Å². The summed E-state index contributed by atoms with van der Waals surface area (Å²) in [7, 11) is 1.76. The van der Waals surface area contributed by atoms with E-state index in [2.05, 4.69) is 15.2 Å². The van der Waals surface area contributed by atoms with Crippen molar-refractivity contribution in [3.63, 3.8) is 0 Å². The van der Waals surface area contributed by atoms with E-state index in [1.54, 1.807) is 25.2 Å². The Kier molecular flexibility index (Phi) is 7.67. The van der Waals surface area contributed by atoms with Crippen LogP contribution in [-0.2, 0) is 6.54 Å². The van der Waals surface area contributed by atoms with Gasteiger partial charge in [0.2, 0.25) is 0 Å². The number of guanidine groups is 1. The fourth-order valence-electron chi connectivity index (χ4n) is 3.29. The van der Waals surface area contributed by atoms with Gasteiger partial charge in [-0.05, 0) is 29.8 Å². The number of benzene rings is 2. The largest absolute Gasteiger partial charge is 0.490 e. The van der Waals surface area contributed by atoms with Gasteiger partial charge in [-0.15, -0.1) is 0 Å². The highest BCUT2D eigenvalue weighted by Gasteiger charge is 2.22. The van der Waals surface area contributed by atoms with Gasteiger partial charge in [-0.25, -0.2) is 8.78 Å². The molecule has 0 amide bonds. The van der Waals surface area contributed by atoms with Crippen LogP contribution in [0.4, 0.5) is 8.78 Å². The maximum atomic E-state index is 12.3. The van der Waals surface area contributed by atoms with Gasteiger partial charge in [0.1, 0.15) is 24.2 Å². The normalized spacial score (nSPS) is 15.4. The molecule has 0 atom stereocenters. The van der Waals surface area contributed by atoms with Crippen LogP contribution in [0.5, 0.6) is 11.5 Å². The van der Waals surface area contributed by atoms with Crippen LogP contribution in [0.25, 0.3) is 0 Å². The van der Waals surface area contributed by atoms with Crippen molar-refractivity contribution in [1.29, 1.82) is 0 Å². The third kappa shape index (κ3) is 6.62. The summed E-state index contributed by atoms with van der Waals surface area (Å²) in [5.41, 5.74) is 0.945. The minimum absolute atomic E-state index is 0.204. The Morgan fingerprint density at radius 3 is 2.52 bits per heavy atom. The van der Waals surface area contributed by atoms with Crippen LogP contribution in [-0.4, -0.2) is 50.1 Å². The molecule has 0 radical (unpaired) electrons. The molecular formula is C22H27F2N3O2. The van der Waals surface area contributed by atoms with Gasteiger partial charge in [-0.2, -0.15) is 0 Å². The van der Waals surface area contributed by atoms with Gasteiger partial charge in [-0.3, -0.25) is 4.99 Å². The number of piperidine rings is 1. The summed E-state index contributed by atoms with van der Waals surface area (Å²) in [5, 5.41) is 3.34. The number of likely N-dealkylation sites (tertiary alicyclic amines) is 1. The van der Waals surface area contributed by atoms with Crippen LogP contribution >= 0.6 is 0 Å². The highest BCUT2D eigenvalue weighted by molar-refractivity contribution is 5.80. The Morgan fingerprint density at radius 1 is 1.10 bits per heavy atom. The molecular weight excluding hydrogens is 376 g/mol. The van der Waals surface area contributed by atoms with Crippen LogP contribution in [0.2, 0.25) is 0 Å². The molecule has 2 aromatic rings. The molecule has 7 heteroatoms. The summed E-state index contributed by atoms with van der Waals surface area (Å²) in [5.74, 6) is 2.17. The van der Waals surface area contributed by atoms with E-state index in [0.29, 0.717) is 12.3 Å². The van der Waals surface area contributed by atoms with Gasteiger partial charge in [0, 0.05) is 39.5 Å². The van der Waals surface area contributed by atoms with Crippen molar-refractivity contribution in [2.45, 2.75) is 31.9 Å². The number of ether oxygens (including phenoxy) is 2. The van der Waals surface area contributed by atoms with Gasteiger partial charge in [-0.1, -0.05) is 30.3 Å². The Bertz CT molecular complexity index is 779. The first-order chi connectivity index (χ1) is 14.1. The summed E-state index contributed by atoms with van der Waals surface area (Å²) in [6, 6.07) is 17.1. The van der Waals surface area contributed by atoms with Crippen molar-refractivity contribution < 1.29 is 18.3 Å². The first-order valence-electron chi connectivity index (χ1n) is 9.81. The molecule has 1 fully saturated rings. The first kappa shape index (κ1) is 20.9. The third-order valence-electron chi connectivity index (χ3n) is 4.72. The predicted octanol–water partition coefficient (Wildman–Crippen LogP) is 3.95. The van der Waals surface area contributed by atoms with Crippen LogP contribution in [0.1, 0.15) is 18.4 Å². The smallest absolute Gasteiger partial charge is 0.272 e. The van der Waals surface area contributed by atoms with E-state index >= 15 is 0 Å². The predicted molar refractivity (Wildman–Crippen MR) is 110 cm³/mol. The molecule has 0 aliphatic carbocycles. The summed E-state index contributed by atoms with van der Waals surface area (Å²) in [6.45, 7) is 1.65. The second kappa shape index (κ2) is 10.6. The fourth-order valence-corrected chi connectivity index (χ4v) is 3.29. The third-order valence-corrected chi connectivity index (χ3v) is 4.72. The van der Waals surface area contributed by atoms with Crippen LogP contribution in [0, 0.1) is 0 Å². The highest BCUT2D eigenvalue weighted by Crippen LogP contribution is 2.19. The molecule has 1 aliphatic heterocycles. The number of para-hydroxylation sites is 1. The van der Waals surface area contributed by atoms with Gasteiger partial charge in [0.25, 0.3) is 6.43 Å². The van der Waals surface area contributed by atoms with Gasteiger partial charge < -0.3 is 19.7 Å². The van der Waals surface area contributed by atoms with Crippen molar-refractivity contribution in [2.24, 2.45) is 4.99 Å². The topological polar surface area (TPSA) is 46.1 Å². The number of hydrogen-bond donors (Lipinski definition) is 1. The van der Waals surface area contributed by atoms with E-state index in [0.717, 1.165) is 43.2 Å².